The highest BCUT2D eigenvalue weighted by molar-refractivity contribution is 9.10. The molecule has 4 heteroatoms. The summed E-state index contributed by atoms with van der Waals surface area (Å²) in [6, 6.07) is 8.46. The van der Waals surface area contributed by atoms with E-state index in [9.17, 15) is 0 Å². The van der Waals surface area contributed by atoms with Gasteiger partial charge in [0.05, 0.1) is 16.4 Å². The normalized spacial score (nSPS) is 17.8. The second-order valence-electron chi connectivity index (χ2n) is 4.74. The van der Waals surface area contributed by atoms with Gasteiger partial charge in [-0.1, -0.05) is 24.3 Å². The van der Waals surface area contributed by atoms with Gasteiger partial charge in [0.1, 0.15) is 6.10 Å². The van der Waals surface area contributed by atoms with Crippen molar-refractivity contribution in [2.75, 3.05) is 5.73 Å². The highest BCUT2D eigenvalue weighted by atomic mass is 79.9. The molecule has 0 amide bonds. The van der Waals surface area contributed by atoms with Crippen LogP contribution in [0.4, 0.5) is 5.69 Å². The lowest BCUT2D eigenvalue weighted by atomic mass is 9.89. The molecular formula is C15H15BrN2O. The Morgan fingerprint density at radius 1 is 1.26 bits per heavy atom. The number of halogens is 1. The summed E-state index contributed by atoms with van der Waals surface area (Å²) in [6.07, 6.45) is 6.69. The highest BCUT2D eigenvalue weighted by Gasteiger charge is 2.22. The van der Waals surface area contributed by atoms with Crippen molar-refractivity contribution in [3.63, 3.8) is 0 Å². The van der Waals surface area contributed by atoms with Crippen molar-refractivity contribution in [1.29, 1.82) is 0 Å². The number of anilines is 1. The molecule has 98 valence electrons. The van der Waals surface area contributed by atoms with Gasteiger partial charge in [-0.25, -0.2) is 0 Å². The molecule has 0 saturated carbocycles. The first kappa shape index (κ1) is 12.5. The summed E-state index contributed by atoms with van der Waals surface area (Å²) in [5.74, 6) is 0.691. The van der Waals surface area contributed by atoms with Gasteiger partial charge in [0.15, 0.2) is 5.75 Å². The number of hydrogen-bond acceptors (Lipinski definition) is 3. The minimum Gasteiger partial charge on any atom is -0.482 e. The number of nitrogen functional groups attached to an aromatic ring is 1. The maximum absolute atomic E-state index is 6.13. The molecule has 19 heavy (non-hydrogen) atoms. The molecule has 2 aromatic rings. The Bertz CT molecular complexity index is 580. The third kappa shape index (κ3) is 2.45. The molecule has 0 spiro atoms. The summed E-state index contributed by atoms with van der Waals surface area (Å²) >= 11 is 3.45. The van der Waals surface area contributed by atoms with Crippen LogP contribution >= 0.6 is 15.9 Å². The van der Waals surface area contributed by atoms with Crippen LogP contribution in [0, 0.1) is 0 Å². The minimum atomic E-state index is 0.0750. The molecule has 1 aliphatic rings. The zero-order valence-corrected chi connectivity index (χ0v) is 12.1. The predicted octanol–water partition coefficient (Wildman–Crippen LogP) is 3.88. The molecule has 0 bridgehead atoms. The summed E-state index contributed by atoms with van der Waals surface area (Å²) in [4.78, 5) is 4.03. The highest BCUT2D eigenvalue weighted by Crippen LogP contribution is 2.38. The number of nitrogens with zero attached hydrogens (tertiary/aromatic N) is 1. The summed E-state index contributed by atoms with van der Waals surface area (Å²) in [6.45, 7) is 0. The second-order valence-corrected chi connectivity index (χ2v) is 5.59. The number of nitrogens with two attached hydrogens (primary N) is 1. The SMILES string of the molecule is Nc1cncc(Br)c1OC1CCCc2ccccc21. The van der Waals surface area contributed by atoms with E-state index in [4.69, 9.17) is 10.5 Å². The van der Waals surface area contributed by atoms with Gasteiger partial charge in [-0.15, -0.1) is 0 Å². The monoisotopic (exact) mass is 318 g/mol. The van der Waals surface area contributed by atoms with E-state index in [2.05, 4.69) is 45.2 Å². The van der Waals surface area contributed by atoms with Crippen LogP contribution in [0.2, 0.25) is 0 Å². The minimum absolute atomic E-state index is 0.0750. The van der Waals surface area contributed by atoms with E-state index in [1.807, 2.05) is 0 Å². The van der Waals surface area contributed by atoms with E-state index in [1.165, 1.54) is 11.1 Å². The predicted molar refractivity (Wildman–Crippen MR) is 79.1 cm³/mol. The molecule has 3 nitrogen and oxygen atoms in total. The lowest BCUT2D eigenvalue weighted by Gasteiger charge is -2.27. The topological polar surface area (TPSA) is 48.1 Å². The van der Waals surface area contributed by atoms with Crippen molar-refractivity contribution in [3.05, 3.63) is 52.3 Å². The van der Waals surface area contributed by atoms with Gasteiger partial charge in [-0.2, -0.15) is 0 Å². The van der Waals surface area contributed by atoms with E-state index in [0.29, 0.717) is 11.4 Å². The first-order valence-corrected chi connectivity index (χ1v) is 7.18. The maximum Gasteiger partial charge on any atom is 0.160 e. The first-order chi connectivity index (χ1) is 9.25. The molecule has 2 N–H and O–H groups in total. The molecule has 1 aliphatic carbocycles. The summed E-state index contributed by atoms with van der Waals surface area (Å²) in [5, 5.41) is 0. The van der Waals surface area contributed by atoms with Crippen LogP contribution in [0.25, 0.3) is 0 Å². The quantitative estimate of drug-likeness (QED) is 0.914. The summed E-state index contributed by atoms with van der Waals surface area (Å²) < 4.78 is 6.93. The fraction of sp³-hybridized carbons (Fsp3) is 0.267. The first-order valence-electron chi connectivity index (χ1n) is 6.39. The van der Waals surface area contributed by atoms with Crippen LogP contribution < -0.4 is 10.5 Å². The van der Waals surface area contributed by atoms with Gasteiger partial charge < -0.3 is 10.5 Å². The molecule has 0 saturated heterocycles. The smallest absolute Gasteiger partial charge is 0.160 e. The number of aromatic nitrogens is 1. The van der Waals surface area contributed by atoms with Crippen molar-refractivity contribution in [2.45, 2.75) is 25.4 Å². The molecule has 1 atom stereocenters. The number of benzene rings is 1. The van der Waals surface area contributed by atoms with Crippen LogP contribution in [-0.4, -0.2) is 4.98 Å². The number of aryl methyl sites for hydroxylation is 1. The molecule has 3 rings (SSSR count). The van der Waals surface area contributed by atoms with Crippen molar-refractivity contribution in [1.82, 2.24) is 4.98 Å². The molecule has 1 heterocycles. The van der Waals surface area contributed by atoms with Crippen molar-refractivity contribution in [2.24, 2.45) is 0 Å². The van der Waals surface area contributed by atoms with Gasteiger partial charge in [-0.05, 0) is 46.3 Å². The van der Waals surface area contributed by atoms with E-state index in [0.717, 1.165) is 23.7 Å². The molecular weight excluding hydrogens is 304 g/mol. The van der Waals surface area contributed by atoms with Gasteiger partial charge in [0.2, 0.25) is 0 Å². The zero-order valence-electron chi connectivity index (χ0n) is 10.5. The average molecular weight is 319 g/mol. The lowest BCUT2D eigenvalue weighted by molar-refractivity contribution is 0.183. The Kier molecular flexibility index (Phi) is 3.42. The van der Waals surface area contributed by atoms with Gasteiger partial charge in [-0.3, -0.25) is 4.98 Å². The summed E-state index contributed by atoms with van der Waals surface area (Å²) in [7, 11) is 0. The maximum atomic E-state index is 6.13. The fourth-order valence-electron chi connectivity index (χ4n) is 2.54. The number of hydrogen-bond donors (Lipinski definition) is 1. The second kappa shape index (κ2) is 5.21. The van der Waals surface area contributed by atoms with Crippen LogP contribution in [-0.2, 0) is 6.42 Å². The Hall–Kier alpha value is -1.55. The Morgan fingerprint density at radius 2 is 2.11 bits per heavy atom. The third-order valence-corrected chi connectivity index (χ3v) is 4.02. The van der Waals surface area contributed by atoms with E-state index >= 15 is 0 Å². The van der Waals surface area contributed by atoms with Crippen molar-refractivity contribution >= 4 is 21.6 Å². The Labute approximate surface area is 120 Å². The van der Waals surface area contributed by atoms with Crippen molar-refractivity contribution < 1.29 is 4.74 Å². The van der Waals surface area contributed by atoms with E-state index in [1.54, 1.807) is 12.4 Å². The van der Waals surface area contributed by atoms with Gasteiger partial charge in [0.25, 0.3) is 0 Å². The molecule has 1 unspecified atom stereocenters. The van der Waals surface area contributed by atoms with Crippen LogP contribution in [0.15, 0.2) is 41.1 Å². The Morgan fingerprint density at radius 3 is 2.95 bits per heavy atom. The molecule has 0 aliphatic heterocycles. The number of ether oxygens (including phenoxy) is 1. The zero-order chi connectivity index (χ0) is 13.2. The average Bonchev–Trinajstić information content (AvgIpc) is 2.43. The van der Waals surface area contributed by atoms with Gasteiger partial charge >= 0.3 is 0 Å². The van der Waals surface area contributed by atoms with E-state index < -0.39 is 0 Å². The number of fused-ring (bicyclic) bond motifs is 1. The van der Waals surface area contributed by atoms with Crippen LogP contribution in [0.5, 0.6) is 5.75 Å². The van der Waals surface area contributed by atoms with Crippen LogP contribution in [0.3, 0.4) is 0 Å². The lowest BCUT2D eigenvalue weighted by Crippen LogP contribution is -2.16. The van der Waals surface area contributed by atoms with Gasteiger partial charge in [0, 0.05) is 6.20 Å². The largest absolute Gasteiger partial charge is 0.482 e. The molecule has 0 radical (unpaired) electrons. The number of rotatable bonds is 2. The number of pyridine rings is 1. The molecule has 1 aromatic carbocycles. The molecule has 0 fully saturated rings. The van der Waals surface area contributed by atoms with Crippen LogP contribution in [0.1, 0.15) is 30.1 Å². The Balaban J connectivity index is 1.93. The summed E-state index contributed by atoms with van der Waals surface area (Å²) in [5.41, 5.74) is 9.16. The fourth-order valence-corrected chi connectivity index (χ4v) is 2.98. The molecule has 1 aromatic heterocycles. The third-order valence-electron chi connectivity index (χ3n) is 3.46. The standard InChI is InChI=1S/C15H15BrN2O/c16-12-8-18-9-13(17)15(12)19-14-7-3-5-10-4-1-2-6-11(10)14/h1-2,4,6,8-9,14H,3,5,7,17H2. The van der Waals surface area contributed by atoms with E-state index in [-0.39, 0.29) is 6.10 Å². The van der Waals surface area contributed by atoms with Crippen molar-refractivity contribution in [3.8, 4) is 5.75 Å².